The van der Waals surface area contributed by atoms with Crippen molar-refractivity contribution >= 4 is 0 Å². The summed E-state index contributed by atoms with van der Waals surface area (Å²) in [5, 5.41) is 0. The van der Waals surface area contributed by atoms with Crippen LogP contribution in [0.25, 0.3) is 0 Å². The van der Waals surface area contributed by atoms with E-state index < -0.39 is 0 Å². The molecule has 0 atom stereocenters. The summed E-state index contributed by atoms with van der Waals surface area (Å²) in [5.74, 6) is 0. The number of nitrogens with zero attached hydrogens (tertiary/aromatic N) is 1. The molecule has 0 aliphatic heterocycles. The van der Waals surface area contributed by atoms with E-state index in [-0.39, 0.29) is 38.5 Å². The van der Waals surface area contributed by atoms with Gasteiger partial charge in [-0.2, -0.15) is 18.2 Å². The first-order valence-electron chi connectivity index (χ1n) is 2.19. The van der Waals surface area contributed by atoms with Crippen molar-refractivity contribution in [2.45, 2.75) is 6.92 Å². The predicted octanol–water partition coefficient (Wildman–Crippen LogP) is 1.64. The third-order valence-electron chi connectivity index (χ3n) is 0.749. The maximum absolute atomic E-state index is 3.85. The van der Waals surface area contributed by atoms with E-state index in [1.165, 1.54) is 0 Å². The third kappa shape index (κ3) is 4.69. The Labute approximate surface area is 80.3 Å². The number of rotatable bonds is 0. The zero-order valence-electron chi connectivity index (χ0n) is 5.68. The van der Waals surface area contributed by atoms with Gasteiger partial charge in [0.25, 0.3) is 0 Å². The maximum atomic E-state index is 3.85. The van der Waals surface area contributed by atoms with Crippen LogP contribution in [-0.4, -0.2) is 4.98 Å². The van der Waals surface area contributed by atoms with Crippen LogP contribution < -0.4 is 0 Å². The second-order valence-electron chi connectivity index (χ2n) is 1.41. The predicted molar refractivity (Wildman–Crippen MR) is 34.2 cm³/mol. The fraction of sp³-hybridized carbons (Fsp3) is 0.143. The van der Waals surface area contributed by atoms with Crippen molar-refractivity contribution in [1.29, 1.82) is 0 Å². The second kappa shape index (κ2) is 6.32. The molecule has 9 heavy (non-hydrogen) atoms. The summed E-state index contributed by atoms with van der Waals surface area (Å²) < 4.78 is 0. The largest absolute Gasteiger partial charge is 2.00 e. The first-order chi connectivity index (χ1) is 3.39. The Morgan fingerprint density at radius 2 is 2.22 bits per heavy atom. The number of hydrogen-bond acceptors (Lipinski definition) is 1. The molecule has 1 nitrogen and oxygen atoms in total. The topological polar surface area (TPSA) is 12.9 Å². The van der Waals surface area contributed by atoms with Crippen molar-refractivity contribution in [2.24, 2.45) is 0 Å². The Morgan fingerprint density at radius 3 is 2.44 bits per heavy atom. The Balaban J connectivity index is 0. The Kier molecular flexibility index (Phi) is 8.39. The van der Waals surface area contributed by atoms with Crippen LogP contribution in [0.4, 0.5) is 0 Å². The average Bonchev–Trinajstić information content (AvgIpc) is 1.69. The van der Waals surface area contributed by atoms with Gasteiger partial charge in [0.1, 0.15) is 0 Å². The van der Waals surface area contributed by atoms with E-state index >= 15 is 0 Å². The molecule has 2 heteroatoms. The minimum absolute atomic E-state index is 0. The molecule has 0 aromatic carbocycles. The Morgan fingerprint density at radius 1 is 1.56 bits per heavy atom. The number of hydrogen-bond donors (Lipinski definition) is 0. The van der Waals surface area contributed by atoms with Gasteiger partial charge in [0.05, 0.1) is 0 Å². The fourth-order valence-electron chi connectivity index (χ4n) is 0.407. The first kappa shape index (κ1) is 11.9. The van der Waals surface area contributed by atoms with Crippen molar-refractivity contribution in [3.63, 3.8) is 0 Å². The molecule has 0 amide bonds. The minimum atomic E-state index is 0. The Bertz CT molecular complexity index is 139. The van der Waals surface area contributed by atoms with Crippen LogP contribution in [0.3, 0.4) is 0 Å². The molecule has 46 valence electrons. The van der Waals surface area contributed by atoms with Crippen molar-refractivity contribution in [3.05, 3.63) is 37.5 Å². The molecule has 0 aliphatic rings. The normalized spacial score (nSPS) is 6.78. The van der Waals surface area contributed by atoms with E-state index in [1.807, 2.05) is 19.1 Å². The van der Waals surface area contributed by atoms with E-state index in [0.29, 0.717) is 0 Å². The van der Waals surface area contributed by atoms with E-state index in [2.05, 4.69) is 11.2 Å². The van der Waals surface area contributed by atoms with Crippen LogP contribution in [0.15, 0.2) is 18.2 Å². The molecule has 1 rings (SSSR count). The van der Waals surface area contributed by atoms with Crippen LogP contribution in [0, 0.1) is 51.7 Å². The number of aromatic nitrogens is 1. The molecule has 1 heterocycles. The third-order valence-corrected chi connectivity index (χ3v) is 0.749. The summed E-state index contributed by atoms with van der Waals surface area (Å²) in [6.45, 7) is 1.94. The second-order valence-corrected chi connectivity index (χ2v) is 1.41. The van der Waals surface area contributed by atoms with Crippen molar-refractivity contribution < 1.29 is 31.1 Å². The smallest absolute Gasteiger partial charge is 0.391 e. The summed E-state index contributed by atoms with van der Waals surface area (Å²) in [7, 11) is 0. The molecule has 0 fully saturated rings. The van der Waals surface area contributed by atoms with Gasteiger partial charge in [-0.3, -0.25) is 0 Å². The molecule has 0 bridgehead atoms. The van der Waals surface area contributed by atoms with Gasteiger partial charge in [-0.1, -0.05) is 18.8 Å². The fourth-order valence-corrected chi connectivity index (χ4v) is 0.407. The zero-order valence-corrected chi connectivity index (χ0v) is 9.84. The van der Waals surface area contributed by atoms with Crippen LogP contribution in [0.5, 0.6) is 0 Å². The number of pyridine rings is 1. The quantitative estimate of drug-likeness (QED) is 0.652. The maximum Gasteiger partial charge on any atom is 2.00 e. The minimum Gasteiger partial charge on any atom is -0.391 e. The SMILES string of the molecule is Cc1ccc[c-]n1.[CH3-].[U+2]. The molecule has 1 aromatic heterocycles. The Hall–Kier alpha value is 0.202. The van der Waals surface area contributed by atoms with Gasteiger partial charge in [-0.15, -0.1) is 0 Å². The van der Waals surface area contributed by atoms with E-state index in [9.17, 15) is 0 Å². The molecule has 1 aromatic rings. The average molecular weight is 345 g/mol. The molecule has 0 saturated carbocycles. The van der Waals surface area contributed by atoms with E-state index in [0.717, 1.165) is 5.69 Å². The molecule has 0 radical (unpaired) electrons. The van der Waals surface area contributed by atoms with Gasteiger partial charge >= 0.3 is 31.1 Å². The summed E-state index contributed by atoms with van der Waals surface area (Å²) in [6.07, 6.45) is 2.71. The molecular formula is C7H9NU. The molecular weight excluding hydrogens is 336 g/mol. The number of aryl methyl sites for hydroxylation is 1. The van der Waals surface area contributed by atoms with Crippen LogP contribution in [0.1, 0.15) is 5.69 Å². The monoisotopic (exact) mass is 345 g/mol. The standard InChI is InChI=1S/C6H6N.CH3.U/c1-6-4-2-3-5-7-6;;/h2-4H,1H3;1H3;/q2*-1;+2. The van der Waals surface area contributed by atoms with Gasteiger partial charge in [0.2, 0.25) is 0 Å². The summed E-state index contributed by atoms with van der Waals surface area (Å²) in [4.78, 5) is 3.85. The molecule has 0 spiro atoms. The van der Waals surface area contributed by atoms with Crippen molar-refractivity contribution in [2.75, 3.05) is 0 Å². The molecule has 0 aliphatic carbocycles. The van der Waals surface area contributed by atoms with Crippen LogP contribution in [0.2, 0.25) is 0 Å². The van der Waals surface area contributed by atoms with Gasteiger partial charge < -0.3 is 12.4 Å². The van der Waals surface area contributed by atoms with Gasteiger partial charge in [-0.05, 0) is 0 Å². The molecule has 0 saturated heterocycles. The van der Waals surface area contributed by atoms with Gasteiger partial charge in [-0.25, -0.2) is 0 Å². The van der Waals surface area contributed by atoms with Crippen molar-refractivity contribution in [3.8, 4) is 0 Å². The summed E-state index contributed by atoms with van der Waals surface area (Å²) in [6, 6.07) is 5.64. The van der Waals surface area contributed by atoms with Gasteiger partial charge in [0.15, 0.2) is 0 Å². The first-order valence-corrected chi connectivity index (χ1v) is 2.19. The van der Waals surface area contributed by atoms with Crippen molar-refractivity contribution in [1.82, 2.24) is 4.98 Å². The van der Waals surface area contributed by atoms with Crippen LogP contribution >= 0.6 is 0 Å². The molecule has 0 unspecified atom stereocenters. The molecule has 0 N–H and O–H groups in total. The van der Waals surface area contributed by atoms with E-state index in [1.54, 1.807) is 6.07 Å². The summed E-state index contributed by atoms with van der Waals surface area (Å²) in [5.41, 5.74) is 1.02. The van der Waals surface area contributed by atoms with Crippen LogP contribution in [-0.2, 0) is 0 Å². The van der Waals surface area contributed by atoms with E-state index in [4.69, 9.17) is 0 Å². The summed E-state index contributed by atoms with van der Waals surface area (Å²) >= 11 is 0. The van der Waals surface area contributed by atoms with Gasteiger partial charge in [0, 0.05) is 0 Å². The zero-order chi connectivity index (χ0) is 5.11.